The van der Waals surface area contributed by atoms with Crippen LogP contribution in [-0.2, 0) is 14.3 Å². The van der Waals surface area contributed by atoms with E-state index in [1.807, 2.05) is 0 Å². The summed E-state index contributed by atoms with van der Waals surface area (Å²) in [6.45, 7) is 14.5. The molecule has 0 bridgehead atoms. The zero-order chi connectivity index (χ0) is 26.3. The quantitative estimate of drug-likeness (QED) is 0.221. The second-order valence-corrected chi connectivity index (χ2v) is 8.68. The van der Waals surface area contributed by atoms with E-state index in [-0.39, 0.29) is 12.5 Å². The number of rotatable bonds is 13. The van der Waals surface area contributed by atoms with Crippen LogP contribution in [0.3, 0.4) is 0 Å². The van der Waals surface area contributed by atoms with E-state index in [9.17, 15) is 9.59 Å². The Morgan fingerprint density at radius 2 is 2.00 bits per heavy atom. The number of methoxy groups -OCH3 is 1. The summed E-state index contributed by atoms with van der Waals surface area (Å²) in [7, 11) is 3.18. The van der Waals surface area contributed by atoms with Gasteiger partial charge >= 0.3 is 6.09 Å². The Kier molecular flexibility index (Phi) is 12.9. The molecule has 0 fully saturated rings. The number of allylic oxidation sites excluding steroid dienone is 1. The van der Waals surface area contributed by atoms with Crippen molar-refractivity contribution < 1.29 is 19.1 Å². The van der Waals surface area contributed by atoms with Crippen LogP contribution in [0.4, 0.5) is 16.6 Å². The van der Waals surface area contributed by atoms with Crippen LogP contribution >= 0.6 is 0 Å². The number of nitrogens with zero attached hydrogens (tertiary/aromatic N) is 3. The summed E-state index contributed by atoms with van der Waals surface area (Å²) in [6, 6.07) is 0. The summed E-state index contributed by atoms with van der Waals surface area (Å²) >= 11 is 0. The summed E-state index contributed by atoms with van der Waals surface area (Å²) in [6.07, 6.45) is 4.73. The first-order chi connectivity index (χ1) is 16.6. The average molecular weight is 487 g/mol. The van der Waals surface area contributed by atoms with E-state index in [0.29, 0.717) is 55.6 Å². The Hall–Kier alpha value is -3.58. The lowest BCUT2D eigenvalue weighted by Crippen LogP contribution is -2.41. The first-order valence-electron chi connectivity index (χ1n) is 11.4. The van der Waals surface area contributed by atoms with Crippen LogP contribution in [0.25, 0.3) is 0 Å². The Morgan fingerprint density at radius 1 is 1.26 bits per heavy atom. The molecular weight excluding hydrogens is 448 g/mol. The van der Waals surface area contributed by atoms with Gasteiger partial charge in [-0.2, -0.15) is 4.98 Å². The fourth-order valence-electron chi connectivity index (χ4n) is 2.52. The molecule has 2 amide bonds. The lowest BCUT2D eigenvalue weighted by Gasteiger charge is -2.24. The van der Waals surface area contributed by atoms with Gasteiger partial charge in [0, 0.05) is 46.0 Å². The first kappa shape index (κ1) is 29.5. The maximum absolute atomic E-state index is 12.1. The summed E-state index contributed by atoms with van der Waals surface area (Å²) in [5.41, 5.74) is 0.649. The lowest BCUT2D eigenvalue weighted by molar-refractivity contribution is -0.122. The highest BCUT2D eigenvalue weighted by Gasteiger charge is 2.20. The molecule has 0 saturated heterocycles. The standard InChI is InChI=1S/C25H38N6O4/c1-8-19(2)29-23-28-17-20(22(30-23)27-15-12-16-34-7)13-10-9-11-14-26-21(32)18-31(6)24(33)35-25(3,4)5/h8,17H,1-2,9,11-12,14-16,18H2,3-7H3,(H,26,32)(H2,27,28,29,30). The molecule has 1 aromatic heterocycles. The number of ether oxygens (including phenoxy) is 2. The minimum absolute atomic E-state index is 0.0747. The van der Waals surface area contributed by atoms with Gasteiger partial charge in [0.25, 0.3) is 0 Å². The Morgan fingerprint density at radius 3 is 2.66 bits per heavy atom. The second-order valence-electron chi connectivity index (χ2n) is 8.68. The van der Waals surface area contributed by atoms with Gasteiger partial charge in [0.05, 0.1) is 11.8 Å². The van der Waals surface area contributed by atoms with Crippen LogP contribution in [0.1, 0.15) is 45.6 Å². The van der Waals surface area contributed by atoms with E-state index in [4.69, 9.17) is 9.47 Å². The van der Waals surface area contributed by atoms with Crippen molar-refractivity contribution in [3.63, 3.8) is 0 Å². The summed E-state index contributed by atoms with van der Waals surface area (Å²) in [5, 5.41) is 9.01. The molecule has 3 N–H and O–H groups in total. The van der Waals surface area contributed by atoms with Crippen LogP contribution in [-0.4, -0.2) is 72.9 Å². The molecule has 1 rings (SSSR count). The minimum Gasteiger partial charge on any atom is -0.444 e. The number of nitrogens with one attached hydrogen (secondary N) is 3. The maximum atomic E-state index is 12.1. The lowest BCUT2D eigenvalue weighted by atomic mass is 10.2. The van der Waals surface area contributed by atoms with E-state index in [0.717, 1.165) is 6.42 Å². The molecule has 0 unspecified atom stereocenters. The van der Waals surface area contributed by atoms with E-state index in [1.54, 1.807) is 40.2 Å². The molecule has 0 spiro atoms. The molecule has 0 aliphatic carbocycles. The van der Waals surface area contributed by atoms with E-state index in [2.05, 4.69) is 50.9 Å². The number of hydrogen-bond donors (Lipinski definition) is 3. The number of aromatic nitrogens is 2. The summed E-state index contributed by atoms with van der Waals surface area (Å²) in [4.78, 5) is 34.0. The molecule has 0 aromatic carbocycles. The molecule has 0 radical (unpaired) electrons. The normalized spacial score (nSPS) is 10.4. The average Bonchev–Trinajstić information content (AvgIpc) is 2.78. The molecule has 10 heteroatoms. The van der Waals surface area contributed by atoms with Crippen molar-refractivity contribution in [3.05, 3.63) is 36.7 Å². The Labute approximate surface area is 208 Å². The predicted octanol–water partition coefficient (Wildman–Crippen LogP) is 3.15. The number of amides is 2. The van der Waals surface area contributed by atoms with Gasteiger partial charge in [-0.15, -0.1) is 0 Å². The van der Waals surface area contributed by atoms with Gasteiger partial charge in [-0.05, 0) is 39.7 Å². The van der Waals surface area contributed by atoms with Crippen LogP contribution < -0.4 is 16.0 Å². The van der Waals surface area contributed by atoms with Gasteiger partial charge in [-0.25, -0.2) is 9.78 Å². The van der Waals surface area contributed by atoms with Crippen molar-refractivity contribution in [1.29, 1.82) is 0 Å². The number of carbonyl (C=O) groups excluding carboxylic acids is 2. The monoisotopic (exact) mass is 486 g/mol. The van der Waals surface area contributed by atoms with E-state index < -0.39 is 11.7 Å². The molecule has 1 heterocycles. The highest BCUT2D eigenvalue weighted by atomic mass is 16.6. The van der Waals surface area contributed by atoms with Crippen molar-refractivity contribution in [3.8, 4) is 11.8 Å². The number of anilines is 2. The van der Waals surface area contributed by atoms with Gasteiger partial charge in [-0.1, -0.05) is 25.0 Å². The third-order valence-corrected chi connectivity index (χ3v) is 4.23. The van der Waals surface area contributed by atoms with Gasteiger partial charge in [0.15, 0.2) is 0 Å². The van der Waals surface area contributed by atoms with E-state index >= 15 is 0 Å². The molecule has 0 aliphatic rings. The maximum Gasteiger partial charge on any atom is 0.410 e. The van der Waals surface area contributed by atoms with Crippen molar-refractivity contribution in [1.82, 2.24) is 20.2 Å². The van der Waals surface area contributed by atoms with E-state index in [1.165, 1.54) is 11.9 Å². The Bertz CT molecular complexity index is 930. The van der Waals surface area contributed by atoms with Crippen molar-refractivity contribution in [2.24, 2.45) is 0 Å². The molecule has 0 atom stereocenters. The van der Waals surface area contributed by atoms with Crippen molar-refractivity contribution in [2.75, 3.05) is 51.0 Å². The first-order valence-corrected chi connectivity index (χ1v) is 11.4. The number of hydrogen-bond acceptors (Lipinski definition) is 8. The Balaban J connectivity index is 2.57. The van der Waals surface area contributed by atoms with Gasteiger partial charge < -0.3 is 30.3 Å². The third kappa shape index (κ3) is 13.0. The van der Waals surface area contributed by atoms with Gasteiger partial charge in [0.2, 0.25) is 11.9 Å². The molecule has 0 saturated carbocycles. The van der Waals surface area contributed by atoms with Gasteiger partial charge in [-0.3, -0.25) is 4.79 Å². The SMILES string of the molecule is C=CC(=C)Nc1ncc(C#CCCCNC(=O)CN(C)C(=O)OC(C)(C)C)c(NCCCOC)n1. The van der Waals surface area contributed by atoms with Crippen LogP contribution in [0, 0.1) is 11.8 Å². The third-order valence-electron chi connectivity index (χ3n) is 4.23. The molecule has 1 aromatic rings. The highest BCUT2D eigenvalue weighted by Crippen LogP contribution is 2.14. The number of unbranched alkanes of at least 4 members (excludes halogenated alkanes) is 1. The van der Waals surface area contributed by atoms with Crippen LogP contribution in [0.5, 0.6) is 0 Å². The van der Waals surface area contributed by atoms with Crippen LogP contribution in [0.15, 0.2) is 31.1 Å². The van der Waals surface area contributed by atoms with Crippen molar-refractivity contribution >= 4 is 23.8 Å². The smallest absolute Gasteiger partial charge is 0.410 e. The molecule has 192 valence electrons. The highest BCUT2D eigenvalue weighted by molar-refractivity contribution is 5.82. The fourth-order valence-corrected chi connectivity index (χ4v) is 2.52. The minimum atomic E-state index is -0.609. The number of likely N-dealkylation sites (N-methyl/N-ethyl adjacent to an activating group) is 1. The zero-order valence-electron chi connectivity index (χ0n) is 21.5. The molecular formula is C25H38N6O4. The summed E-state index contributed by atoms with van der Waals surface area (Å²) in [5.74, 6) is 6.92. The molecule has 10 nitrogen and oxygen atoms in total. The van der Waals surface area contributed by atoms with Gasteiger partial charge in [0.1, 0.15) is 18.0 Å². The topological polar surface area (TPSA) is 118 Å². The largest absolute Gasteiger partial charge is 0.444 e. The van der Waals surface area contributed by atoms with Crippen molar-refractivity contribution in [2.45, 2.75) is 45.6 Å². The molecule has 35 heavy (non-hydrogen) atoms. The molecule has 0 aliphatic heterocycles. The second kappa shape index (κ2) is 15.3. The summed E-state index contributed by atoms with van der Waals surface area (Å²) < 4.78 is 10.3. The fraction of sp³-hybridized carbons (Fsp3) is 0.520. The predicted molar refractivity (Wildman–Crippen MR) is 138 cm³/mol. The number of carbonyl (C=O) groups is 2. The van der Waals surface area contributed by atoms with Crippen LogP contribution in [0.2, 0.25) is 0 Å². The zero-order valence-corrected chi connectivity index (χ0v) is 21.5.